The van der Waals surface area contributed by atoms with E-state index in [9.17, 15) is 13.7 Å². The highest BCUT2D eigenvalue weighted by molar-refractivity contribution is 7.90. The Labute approximate surface area is 116 Å². The monoisotopic (exact) mass is 284 g/mol. The van der Waals surface area contributed by atoms with Crippen LogP contribution in [0.1, 0.15) is 70.6 Å². The van der Waals surface area contributed by atoms with Gasteiger partial charge in [0.2, 0.25) is 10.0 Å². The lowest BCUT2D eigenvalue weighted by Gasteiger charge is -2.30. The predicted molar refractivity (Wildman–Crippen MR) is 75.0 cm³/mol. The zero-order chi connectivity index (χ0) is 13.8. The van der Waals surface area contributed by atoms with Crippen LogP contribution < -0.4 is 4.72 Å². The normalized spacial score (nSPS) is 25.4. The number of hydrogen-bond donors (Lipinski definition) is 1. The molecule has 0 bridgehead atoms. The van der Waals surface area contributed by atoms with Crippen LogP contribution in [0.3, 0.4) is 0 Å². The van der Waals surface area contributed by atoms with Crippen LogP contribution in [0, 0.1) is 11.3 Å². The summed E-state index contributed by atoms with van der Waals surface area (Å²) in [5, 5.41) is 9.17. The summed E-state index contributed by atoms with van der Waals surface area (Å²) >= 11 is 0. The molecule has 19 heavy (non-hydrogen) atoms. The van der Waals surface area contributed by atoms with E-state index in [-0.39, 0.29) is 5.25 Å². The van der Waals surface area contributed by atoms with Crippen LogP contribution in [-0.4, -0.2) is 19.2 Å². The van der Waals surface area contributed by atoms with Crippen molar-refractivity contribution in [2.45, 2.75) is 81.4 Å². The fourth-order valence-corrected chi connectivity index (χ4v) is 5.21. The lowest BCUT2D eigenvalue weighted by molar-refractivity contribution is 0.408. The van der Waals surface area contributed by atoms with Crippen LogP contribution in [-0.2, 0) is 10.0 Å². The van der Waals surface area contributed by atoms with Gasteiger partial charge in [0.25, 0.3) is 0 Å². The van der Waals surface area contributed by atoms with Gasteiger partial charge in [-0.1, -0.05) is 44.9 Å². The number of nitrogens with one attached hydrogen (secondary N) is 1. The molecule has 0 aliphatic heterocycles. The summed E-state index contributed by atoms with van der Waals surface area (Å²) in [7, 11) is -3.34. The molecule has 1 N–H and O–H groups in total. The molecule has 108 valence electrons. The fraction of sp³-hybridized carbons (Fsp3) is 0.929. The second-order valence-corrected chi connectivity index (χ2v) is 7.98. The molecule has 2 fully saturated rings. The number of sulfonamides is 1. The van der Waals surface area contributed by atoms with E-state index in [2.05, 4.69) is 10.8 Å². The molecule has 4 nitrogen and oxygen atoms in total. The first-order valence-corrected chi connectivity index (χ1v) is 9.07. The molecule has 2 aliphatic carbocycles. The van der Waals surface area contributed by atoms with Gasteiger partial charge in [-0.3, -0.25) is 0 Å². The number of nitriles is 1. The molecule has 2 saturated carbocycles. The molecule has 5 heteroatoms. The maximum absolute atomic E-state index is 12.5. The summed E-state index contributed by atoms with van der Waals surface area (Å²) < 4.78 is 27.7. The number of nitrogens with zero attached hydrogens (tertiary/aromatic N) is 1. The lowest BCUT2D eigenvalue weighted by Crippen LogP contribution is -2.50. The van der Waals surface area contributed by atoms with E-state index in [1.165, 1.54) is 0 Å². The molecule has 0 heterocycles. The Morgan fingerprint density at radius 1 is 0.947 bits per heavy atom. The van der Waals surface area contributed by atoms with Gasteiger partial charge in [0.05, 0.1) is 11.3 Å². The fourth-order valence-electron chi connectivity index (χ4n) is 3.30. The molecule has 2 rings (SSSR count). The molecule has 0 atom stereocenters. The van der Waals surface area contributed by atoms with E-state index >= 15 is 0 Å². The van der Waals surface area contributed by atoms with Gasteiger partial charge in [0, 0.05) is 0 Å². The molecular formula is C14H24N2O2S. The highest BCUT2D eigenvalue weighted by atomic mass is 32.2. The Morgan fingerprint density at radius 3 is 2.00 bits per heavy atom. The largest absolute Gasteiger partial charge is 0.215 e. The quantitative estimate of drug-likeness (QED) is 0.810. The Balaban J connectivity index is 2.10. The second kappa shape index (κ2) is 6.23. The van der Waals surface area contributed by atoms with Crippen molar-refractivity contribution in [3.05, 3.63) is 0 Å². The average Bonchev–Trinajstić information content (AvgIpc) is 2.65. The average molecular weight is 284 g/mol. The van der Waals surface area contributed by atoms with Crippen molar-refractivity contribution in [3.8, 4) is 6.07 Å². The van der Waals surface area contributed by atoms with Crippen LogP contribution in [0.4, 0.5) is 0 Å². The van der Waals surface area contributed by atoms with Gasteiger partial charge in [0.1, 0.15) is 5.54 Å². The molecule has 0 saturated heterocycles. The molecule has 0 unspecified atom stereocenters. The van der Waals surface area contributed by atoms with Gasteiger partial charge in [-0.15, -0.1) is 0 Å². The van der Waals surface area contributed by atoms with Gasteiger partial charge in [0.15, 0.2) is 0 Å². The molecule has 2 aliphatic rings. The molecule has 0 amide bonds. The van der Waals surface area contributed by atoms with Gasteiger partial charge in [-0.05, 0) is 25.7 Å². The molecular weight excluding hydrogens is 260 g/mol. The SMILES string of the molecule is N#CC1(NS(=O)(=O)C2CCCCC2)CCCCCC1. The molecule has 0 aromatic rings. The van der Waals surface area contributed by atoms with E-state index in [1.807, 2.05) is 0 Å². The van der Waals surface area contributed by atoms with E-state index in [1.54, 1.807) is 0 Å². The predicted octanol–water partition coefficient (Wildman–Crippen LogP) is 2.86. The highest BCUT2D eigenvalue weighted by Crippen LogP contribution is 2.30. The summed E-state index contributed by atoms with van der Waals surface area (Å²) in [6, 6.07) is 2.26. The van der Waals surface area contributed by atoms with Crippen molar-refractivity contribution < 1.29 is 8.42 Å². The maximum atomic E-state index is 12.5. The van der Waals surface area contributed by atoms with Gasteiger partial charge < -0.3 is 0 Å². The summed E-state index contributed by atoms with van der Waals surface area (Å²) in [6.07, 6.45) is 10.0. The third-order valence-electron chi connectivity index (χ3n) is 4.50. The van der Waals surface area contributed by atoms with Crippen LogP contribution in [0.25, 0.3) is 0 Å². The van der Waals surface area contributed by atoms with Crippen molar-refractivity contribution in [1.29, 1.82) is 5.26 Å². The smallest absolute Gasteiger partial charge is 0.212 e. The molecule has 0 aromatic carbocycles. The van der Waals surface area contributed by atoms with E-state index < -0.39 is 15.6 Å². The second-order valence-electron chi connectivity index (χ2n) is 6.02. The minimum atomic E-state index is -3.34. The van der Waals surface area contributed by atoms with Crippen molar-refractivity contribution in [1.82, 2.24) is 4.72 Å². The topological polar surface area (TPSA) is 70.0 Å². The zero-order valence-electron chi connectivity index (χ0n) is 11.5. The number of hydrogen-bond acceptors (Lipinski definition) is 3. The minimum absolute atomic E-state index is 0.283. The first-order valence-electron chi connectivity index (χ1n) is 7.52. The minimum Gasteiger partial charge on any atom is -0.212 e. The Morgan fingerprint density at radius 2 is 1.47 bits per heavy atom. The van der Waals surface area contributed by atoms with Crippen molar-refractivity contribution in [2.24, 2.45) is 0 Å². The van der Waals surface area contributed by atoms with E-state index in [4.69, 9.17) is 0 Å². The standard InChI is InChI=1S/C14H24N2O2S/c15-12-14(10-6-1-2-7-11-14)16-19(17,18)13-8-4-3-5-9-13/h13,16H,1-11H2. The number of rotatable bonds is 3. The van der Waals surface area contributed by atoms with Crippen molar-refractivity contribution in [2.75, 3.05) is 0 Å². The molecule has 0 radical (unpaired) electrons. The van der Waals surface area contributed by atoms with Crippen molar-refractivity contribution in [3.63, 3.8) is 0 Å². The zero-order valence-corrected chi connectivity index (χ0v) is 12.3. The highest BCUT2D eigenvalue weighted by Gasteiger charge is 2.38. The van der Waals surface area contributed by atoms with E-state index in [0.717, 1.165) is 57.8 Å². The third-order valence-corrected chi connectivity index (χ3v) is 6.52. The Kier molecular flexibility index (Phi) is 4.86. The maximum Gasteiger partial charge on any atom is 0.215 e. The summed E-state index contributed by atoms with van der Waals surface area (Å²) in [6.45, 7) is 0. The Bertz CT molecular complexity index is 425. The Hall–Kier alpha value is -0.600. The lowest BCUT2D eigenvalue weighted by atomic mass is 9.93. The van der Waals surface area contributed by atoms with Gasteiger partial charge in [-0.2, -0.15) is 9.98 Å². The van der Waals surface area contributed by atoms with Gasteiger partial charge >= 0.3 is 0 Å². The first-order chi connectivity index (χ1) is 9.08. The van der Waals surface area contributed by atoms with Gasteiger partial charge in [-0.25, -0.2) is 8.42 Å². The third kappa shape index (κ3) is 3.70. The summed E-state index contributed by atoms with van der Waals surface area (Å²) in [5.41, 5.74) is -0.840. The summed E-state index contributed by atoms with van der Waals surface area (Å²) in [4.78, 5) is 0. The first kappa shape index (κ1) is 14.8. The molecule has 0 aromatic heterocycles. The summed E-state index contributed by atoms with van der Waals surface area (Å²) in [5.74, 6) is 0. The molecule has 0 spiro atoms. The van der Waals surface area contributed by atoms with Crippen LogP contribution in [0.15, 0.2) is 0 Å². The van der Waals surface area contributed by atoms with Crippen molar-refractivity contribution >= 4 is 10.0 Å². The van der Waals surface area contributed by atoms with Crippen LogP contribution >= 0.6 is 0 Å². The van der Waals surface area contributed by atoms with Crippen LogP contribution in [0.5, 0.6) is 0 Å². The van der Waals surface area contributed by atoms with E-state index in [0.29, 0.717) is 12.8 Å². The van der Waals surface area contributed by atoms with Crippen LogP contribution in [0.2, 0.25) is 0 Å².